The summed E-state index contributed by atoms with van der Waals surface area (Å²) in [5.74, 6) is 2.07. The van der Waals surface area contributed by atoms with Crippen molar-refractivity contribution in [3.8, 4) is 11.4 Å². The van der Waals surface area contributed by atoms with Crippen molar-refractivity contribution >= 4 is 28.8 Å². The average molecular weight is 371 g/mol. The van der Waals surface area contributed by atoms with Gasteiger partial charge in [0.2, 0.25) is 0 Å². The zero-order chi connectivity index (χ0) is 17.9. The summed E-state index contributed by atoms with van der Waals surface area (Å²) in [5, 5.41) is 0. The molecule has 7 heteroatoms. The van der Waals surface area contributed by atoms with Gasteiger partial charge in [0.1, 0.15) is 11.6 Å². The highest BCUT2D eigenvalue weighted by atomic mass is 32.2. The Labute approximate surface area is 156 Å². The number of para-hydroxylation sites is 2. The number of nitrogens with one attached hydrogen (secondary N) is 2. The summed E-state index contributed by atoms with van der Waals surface area (Å²) < 4.78 is 17.9. The SMILES string of the molecule is CCSNC1CCN(c2cc(-c3nc4ccccc4[nH]3)c(F)cn2)CC1. The maximum Gasteiger partial charge on any atom is 0.152 e. The molecule has 5 nitrogen and oxygen atoms in total. The van der Waals surface area contributed by atoms with Gasteiger partial charge in [-0.25, -0.2) is 14.4 Å². The van der Waals surface area contributed by atoms with Gasteiger partial charge in [0.15, 0.2) is 5.82 Å². The molecule has 3 aromatic rings. The van der Waals surface area contributed by atoms with Crippen LogP contribution in [-0.2, 0) is 0 Å². The van der Waals surface area contributed by atoms with Crippen LogP contribution in [-0.4, -0.2) is 39.8 Å². The summed E-state index contributed by atoms with van der Waals surface area (Å²) in [6, 6.07) is 10.1. The molecule has 136 valence electrons. The number of hydrogen-bond acceptors (Lipinski definition) is 5. The molecule has 0 radical (unpaired) electrons. The molecule has 1 aliphatic heterocycles. The maximum absolute atomic E-state index is 14.4. The van der Waals surface area contributed by atoms with Crippen molar-refractivity contribution < 1.29 is 4.39 Å². The van der Waals surface area contributed by atoms with Crippen LogP contribution in [0.4, 0.5) is 10.2 Å². The third kappa shape index (κ3) is 3.54. The monoisotopic (exact) mass is 371 g/mol. The highest BCUT2D eigenvalue weighted by Gasteiger charge is 2.21. The summed E-state index contributed by atoms with van der Waals surface area (Å²) >= 11 is 1.77. The third-order valence-electron chi connectivity index (χ3n) is 4.70. The number of pyridine rings is 1. The fourth-order valence-electron chi connectivity index (χ4n) is 3.29. The summed E-state index contributed by atoms with van der Waals surface area (Å²) in [7, 11) is 0. The van der Waals surface area contributed by atoms with Crippen molar-refractivity contribution in [1.82, 2.24) is 19.7 Å². The van der Waals surface area contributed by atoms with Gasteiger partial charge in [-0.05, 0) is 31.0 Å². The zero-order valence-corrected chi connectivity index (χ0v) is 15.5. The first-order chi connectivity index (χ1) is 12.7. The van der Waals surface area contributed by atoms with Crippen LogP contribution in [0, 0.1) is 5.82 Å². The Bertz CT molecular complexity index is 856. The highest BCUT2D eigenvalue weighted by molar-refractivity contribution is 7.97. The Morgan fingerprint density at radius 3 is 2.88 bits per heavy atom. The second-order valence-corrected chi connectivity index (χ2v) is 7.54. The van der Waals surface area contributed by atoms with Crippen molar-refractivity contribution in [1.29, 1.82) is 0 Å². The van der Waals surface area contributed by atoms with Gasteiger partial charge < -0.3 is 9.88 Å². The lowest BCUT2D eigenvalue weighted by Crippen LogP contribution is -2.40. The maximum atomic E-state index is 14.4. The first-order valence-electron chi connectivity index (χ1n) is 8.97. The minimum Gasteiger partial charge on any atom is -0.356 e. The number of H-pyrrole nitrogens is 1. The van der Waals surface area contributed by atoms with Crippen molar-refractivity contribution in [2.24, 2.45) is 0 Å². The van der Waals surface area contributed by atoms with E-state index in [1.54, 1.807) is 11.9 Å². The van der Waals surface area contributed by atoms with E-state index in [0.717, 1.165) is 48.5 Å². The molecule has 0 atom stereocenters. The molecule has 2 N–H and O–H groups in total. The minimum atomic E-state index is -0.358. The van der Waals surface area contributed by atoms with Crippen LogP contribution >= 0.6 is 11.9 Å². The number of piperidine rings is 1. The van der Waals surface area contributed by atoms with Gasteiger partial charge in [-0.1, -0.05) is 31.0 Å². The number of halogens is 1. The van der Waals surface area contributed by atoms with Crippen LogP contribution < -0.4 is 9.62 Å². The molecule has 2 aromatic heterocycles. The van der Waals surface area contributed by atoms with Crippen LogP contribution in [0.15, 0.2) is 36.5 Å². The first-order valence-corrected chi connectivity index (χ1v) is 9.96. The molecule has 1 fully saturated rings. The van der Waals surface area contributed by atoms with E-state index in [2.05, 4.69) is 31.5 Å². The van der Waals surface area contributed by atoms with Gasteiger partial charge >= 0.3 is 0 Å². The molecule has 1 aromatic carbocycles. The Morgan fingerprint density at radius 2 is 2.12 bits per heavy atom. The van der Waals surface area contributed by atoms with Crippen LogP contribution in [0.25, 0.3) is 22.4 Å². The van der Waals surface area contributed by atoms with E-state index >= 15 is 0 Å². The Kier molecular flexibility index (Phi) is 5.08. The largest absolute Gasteiger partial charge is 0.356 e. The molecule has 0 amide bonds. The van der Waals surface area contributed by atoms with Gasteiger partial charge in [-0.2, -0.15) is 0 Å². The lowest BCUT2D eigenvalue weighted by Gasteiger charge is -2.33. The van der Waals surface area contributed by atoms with E-state index in [9.17, 15) is 4.39 Å². The molecular formula is C19H22FN5S. The van der Waals surface area contributed by atoms with E-state index in [-0.39, 0.29) is 5.82 Å². The summed E-state index contributed by atoms with van der Waals surface area (Å²) in [6.45, 7) is 3.98. The van der Waals surface area contributed by atoms with E-state index in [0.29, 0.717) is 17.4 Å². The number of imidazole rings is 1. The quantitative estimate of drug-likeness (QED) is 0.664. The van der Waals surface area contributed by atoms with Crippen molar-refractivity contribution in [3.63, 3.8) is 0 Å². The lowest BCUT2D eigenvalue weighted by molar-refractivity contribution is 0.476. The molecule has 4 rings (SSSR count). The predicted octanol–water partition coefficient (Wildman–Crippen LogP) is 3.99. The van der Waals surface area contributed by atoms with Gasteiger partial charge in [0.25, 0.3) is 0 Å². The highest BCUT2D eigenvalue weighted by Crippen LogP contribution is 2.27. The van der Waals surface area contributed by atoms with Crippen molar-refractivity contribution in [2.45, 2.75) is 25.8 Å². The fraction of sp³-hybridized carbons (Fsp3) is 0.368. The van der Waals surface area contributed by atoms with Crippen molar-refractivity contribution in [3.05, 3.63) is 42.3 Å². The first kappa shape index (κ1) is 17.3. The van der Waals surface area contributed by atoms with Crippen LogP contribution in [0.1, 0.15) is 19.8 Å². The average Bonchev–Trinajstić information content (AvgIpc) is 3.11. The second-order valence-electron chi connectivity index (χ2n) is 6.44. The molecular weight excluding hydrogens is 349 g/mol. The predicted molar refractivity (Wildman–Crippen MR) is 106 cm³/mol. The van der Waals surface area contributed by atoms with E-state index in [1.807, 2.05) is 30.3 Å². The fourth-order valence-corrected chi connectivity index (χ4v) is 3.93. The molecule has 26 heavy (non-hydrogen) atoms. The topological polar surface area (TPSA) is 56.8 Å². The van der Waals surface area contributed by atoms with Gasteiger partial charge in [0.05, 0.1) is 22.8 Å². The summed E-state index contributed by atoms with van der Waals surface area (Å²) in [6.07, 6.45) is 3.42. The molecule has 0 aliphatic carbocycles. The molecule has 0 bridgehead atoms. The Morgan fingerprint density at radius 1 is 1.31 bits per heavy atom. The lowest BCUT2D eigenvalue weighted by atomic mass is 10.1. The normalized spacial score (nSPS) is 15.7. The van der Waals surface area contributed by atoms with E-state index in [4.69, 9.17) is 0 Å². The standard InChI is InChI=1S/C19H22FN5S/c1-2-26-24-13-7-9-25(10-8-13)18-11-14(15(20)12-21-18)19-22-16-5-3-4-6-17(16)23-19/h3-6,11-13,24H,2,7-10H2,1H3,(H,22,23). The van der Waals surface area contributed by atoms with Crippen LogP contribution in [0.3, 0.4) is 0 Å². The Balaban J connectivity index is 1.55. The molecule has 3 heterocycles. The van der Waals surface area contributed by atoms with Gasteiger partial charge in [-0.15, -0.1) is 0 Å². The number of aromatic nitrogens is 3. The van der Waals surface area contributed by atoms with Gasteiger partial charge in [-0.3, -0.25) is 4.72 Å². The number of benzene rings is 1. The number of nitrogens with zero attached hydrogens (tertiary/aromatic N) is 3. The molecule has 1 aliphatic rings. The number of anilines is 1. The Hall–Kier alpha value is -2.12. The van der Waals surface area contributed by atoms with E-state index < -0.39 is 0 Å². The summed E-state index contributed by atoms with van der Waals surface area (Å²) in [4.78, 5) is 14.3. The van der Waals surface area contributed by atoms with Crippen LogP contribution in [0.5, 0.6) is 0 Å². The molecule has 0 saturated carbocycles. The molecule has 1 saturated heterocycles. The minimum absolute atomic E-state index is 0.358. The number of rotatable bonds is 5. The third-order valence-corrected chi connectivity index (χ3v) is 5.49. The number of fused-ring (bicyclic) bond motifs is 1. The smallest absolute Gasteiger partial charge is 0.152 e. The number of aromatic amines is 1. The number of hydrogen-bond donors (Lipinski definition) is 2. The van der Waals surface area contributed by atoms with Crippen LogP contribution in [0.2, 0.25) is 0 Å². The summed E-state index contributed by atoms with van der Waals surface area (Å²) in [5.41, 5.74) is 2.20. The second kappa shape index (κ2) is 7.63. The van der Waals surface area contributed by atoms with Crippen molar-refractivity contribution in [2.75, 3.05) is 23.7 Å². The zero-order valence-electron chi connectivity index (χ0n) is 14.7. The molecule has 0 unspecified atom stereocenters. The molecule has 0 spiro atoms. The van der Waals surface area contributed by atoms with Gasteiger partial charge in [0, 0.05) is 24.9 Å². The van der Waals surface area contributed by atoms with E-state index in [1.165, 1.54) is 6.20 Å².